The largest absolute Gasteiger partial charge is 0.378 e. The van der Waals surface area contributed by atoms with Crippen molar-refractivity contribution in [2.45, 2.75) is 17.5 Å². The molecule has 1 saturated heterocycles. The van der Waals surface area contributed by atoms with E-state index in [4.69, 9.17) is 4.74 Å². The fraction of sp³-hybridized carbons (Fsp3) is 0.571. The molecule has 1 N–H and O–H groups in total. The van der Waals surface area contributed by atoms with Crippen LogP contribution in [0.2, 0.25) is 0 Å². The molecule has 1 aliphatic rings. The van der Waals surface area contributed by atoms with Crippen molar-refractivity contribution in [2.75, 3.05) is 39.6 Å². The molecule has 1 aromatic carbocycles. The van der Waals surface area contributed by atoms with Crippen molar-refractivity contribution >= 4 is 11.8 Å². The second kappa shape index (κ2) is 7.14. The first-order valence-electron chi connectivity index (χ1n) is 6.40. The topological polar surface area (TPSA) is 24.5 Å². The normalized spacial score (nSPS) is 20.3. The minimum atomic E-state index is 0.467. The zero-order valence-corrected chi connectivity index (χ0v) is 12.0. The van der Waals surface area contributed by atoms with Crippen LogP contribution in [0, 0.1) is 0 Å². The molecule has 1 fully saturated rings. The molecule has 1 aromatic rings. The summed E-state index contributed by atoms with van der Waals surface area (Å²) >= 11 is 1.78. The third kappa shape index (κ3) is 4.28. The predicted octanol–water partition coefficient (Wildman–Crippen LogP) is 1.83. The van der Waals surface area contributed by atoms with E-state index in [-0.39, 0.29) is 0 Å². The number of hydrogen-bond acceptors (Lipinski definition) is 4. The molecule has 100 valence electrons. The van der Waals surface area contributed by atoms with Gasteiger partial charge in [-0.25, -0.2) is 0 Å². The Morgan fingerprint density at radius 3 is 2.78 bits per heavy atom. The summed E-state index contributed by atoms with van der Waals surface area (Å²) in [6.07, 6.45) is 2.11. The van der Waals surface area contributed by atoms with Gasteiger partial charge in [0.2, 0.25) is 0 Å². The number of nitrogens with one attached hydrogen (secondary N) is 1. The molecule has 1 heterocycles. The quantitative estimate of drug-likeness (QED) is 0.822. The van der Waals surface area contributed by atoms with Gasteiger partial charge < -0.3 is 15.0 Å². The first-order valence-corrected chi connectivity index (χ1v) is 7.63. The molecule has 1 unspecified atom stereocenters. The smallest absolute Gasteiger partial charge is 0.0632 e. The predicted molar refractivity (Wildman–Crippen MR) is 77.2 cm³/mol. The molecule has 0 saturated carbocycles. The van der Waals surface area contributed by atoms with Crippen molar-refractivity contribution in [1.29, 1.82) is 0 Å². The third-order valence-corrected chi connectivity index (χ3v) is 3.89. The first-order chi connectivity index (χ1) is 8.78. The van der Waals surface area contributed by atoms with Crippen molar-refractivity contribution in [3.05, 3.63) is 29.8 Å². The summed E-state index contributed by atoms with van der Waals surface area (Å²) in [6, 6.07) is 9.28. The van der Waals surface area contributed by atoms with Crippen LogP contribution in [0.15, 0.2) is 29.2 Å². The van der Waals surface area contributed by atoms with Gasteiger partial charge >= 0.3 is 0 Å². The first kappa shape index (κ1) is 13.9. The van der Waals surface area contributed by atoms with Gasteiger partial charge in [0.25, 0.3) is 0 Å². The van der Waals surface area contributed by atoms with Crippen molar-refractivity contribution in [3.8, 4) is 0 Å². The standard InChI is InChI=1S/C14H22N2OS/c1-16(10-13-11-17-8-7-15-13)9-12-3-5-14(18-2)6-4-12/h3-6,13,15H,7-11H2,1-2H3. The van der Waals surface area contributed by atoms with Gasteiger partial charge in [-0.05, 0) is 31.0 Å². The van der Waals surface area contributed by atoms with Gasteiger partial charge in [-0.1, -0.05) is 12.1 Å². The molecular weight excluding hydrogens is 244 g/mol. The molecule has 0 spiro atoms. The maximum Gasteiger partial charge on any atom is 0.0632 e. The van der Waals surface area contributed by atoms with E-state index < -0.39 is 0 Å². The number of thioether (sulfide) groups is 1. The Morgan fingerprint density at radius 2 is 2.17 bits per heavy atom. The van der Waals surface area contributed by atoms with Gasteiger partial charge in [-0.2, -0.15) is 0 Å². The molecule has 2 rings (SSSR count). The average molecular weight is 266 g/mol. The van der Waals surface area contributed by atoms with Crippen LogP contribution in [0.5, 0.6) is 0 Å². The summed E-state index contributed by atoms with van der Waals surface area (Å²) < 4.78 is 5.47. The Hall–Kier alpha value is -0.550. The second-order valence-corrected chi connectivity index (χ2v) is 5.65. The third-order valence-electron chi connectivity index (χ3n) is 3.14. The van der Waals surface area contributed by atoms with Gasteiger partial charge in [0, 0.05) is 30.6 Å². The van der Waals surface area contributed by atoms with E-state index >= 15 is 0 Å². The Kier molecular flexibility index (Phi) is 5.50. The number of nitrogens with zero attached hydrogens (tertiary/aromatic N) is 1. The highest BCUT2D eigenvalue weighted by molar-refractivity contribution is 7.98. The Bertz CT molecular complexity index is 349. The summed E-state index contributed by atoms with van der Waals surface area (Å²) in [5, 5.41) is 3.48. The maximum atomic E-state index is 5.47. The highest BCUT2D eigenvalue weighted by Crippen LogP contribution is 2.15. The summed E-state index contributed by atoms with van der Waals surface area (Å²) in [5.74, 6) is 0. The molecule has 0 bridgehead atoms. The molecular formula is C14H22N2OS. The fourth-order valence-electron chi connectivity index (χ4n) is 2.22. The average Bonchev–Trinajstić information content (AvgIpc) is 2.40. The maximum absolute atomic E-state index is 5.47. The van der Waals surface area contributed by atoms with Crippen LogP contribution in [0.25, 0.3) is 0 Å². The lowest BCUT2D eigenvalue weighted by Gasteiger charge is -2.28. The molecule has 0 radical (unpaired) electrons. The van der Waals surface area contributed by atoms with Crippen LogP contribution in [-0.4, -0.2) is 50.5 Å². The fourth-order valence-corrected chi connectivity index (χ4v) is 2.63. The van der Waals surface area contributed by atoms with Crippen molar-refractivity contribution in [3.63, 3.8) is 0 Å². The van der Waals surface area contributed by atoms with Gasteiger partial charge in [-0.3, -0.25) is 0 Å². The van der Waals surface area contributed by atoms with E-state index in [1.54, 1.807) is 11.8 Å². The molecule has 4 heteroatoms. The van der Waals surface area contributed by atoms with Crippen LogP contribution < -0.4 is 5.32 Å². The van der Waals surface area contributed by atoms with E-state index in [1.807, 2.05) is 0 Å². The Labute approximate surface area is 114 Å². The molecule has 3 nitrogen and oxygen atoms in total. The van der Waals surface area contributed by atoms with Crippen LogP contribution >= 0.6 is 11.8 Å². The second-order valence-electron chi connectivity index (χ2n) is 4.77. The van der Waals surface area contributed by atoms with E-state index in [1.165, 1.54) is 10.5 Å². The summed E-state index contributed by atoms with van der Waals surface area (Å²) in [6.45, 7) is 4.67. The minimum absolute atomic E-state index is 0.467. The van der Waals surface area contributed by atoms with E-state index in [0.717, 1.165) is 32.8 Å². The van der Waals surface area contributed by atoms with E-state index in [9.17, 15) is 0 Å². The monoisotopic (exact) mass is 266 g/mol. The van der Waals surface area contributed by atoms with Gasteiger partial charge in [0.05, 0.1) is 13.2 Å². The minimum Gasteiger partial charge on any atom is -0.378 e. The lowest BCUT2D eigenvalue weighted by atomic mass is 10.2. The molecule has 1 aliphatic heterocycles. The lowest BCUT2D eigenvalue weighted by molar-refractivity contribution is 0.0645. The van der Waals surface area contributed by atoms with Crippen LogP contribution in [0.3, 0.4) is 0 Å². The molecule has 0 aromatic heterocycles. The summed E-state index contributed by atoms with van der Waals surface area (Å²) in [7, 11) is 2.17. The SMILES string of the molecule is CSc1ccc(CN(C)CC2COCCN2)cc1. The van der Waals surface area contributed by atoms with Gasteiger partial charge in [0.15, 0.2) is 0 Å². The molecule has 0 amide bonds. The van der Waals surface area contributed by atoms with Crippen LogP contribution in [0.1, 0.15) is 5.56 Å². The number of morpholine rings is 1. The van der Waals surface area contributed by atoms with E-state index in [0.29, 0.717) is 6.04 Å². The molecule has 1 atom stereocenters. The lowest BCUT2D eigenvalue weighted by Crippen LogP contribution is -2.47. The highest BCUT2D eigenvalue weighted by atomic mass is 32.2. The van der Waals surface area contributed by atoms with Crippen molar-refractivity contribution in [2.24, 2.45) is 0 Å². The molecule has 0 aliphatic carbocycles. The number of rotatable bonds is 5. The number of ether oxygens (including phenoxy) is 1. The van der Waals surface area contributed by atoms with Crippen LogP contribution in [-0.2, 0) is 11.3 Å². The van der Waals surface area contributed by atoms with Gasteiger partial charge in [-0.15, -0.1) is 11.8 Å². The number of likely N-dealkylation sites (N-methyl/N-ethyl adjacent to an activating group) is 1. The highest BCUT2D eigenvalue weighted by Gasteiger charge is 2.14. The number of hydrogen-bond donors (Lipinski definition) is 1. The van der Waals surface area contributed by atoms with Crippen LogP contribution in [0.4, 0.5) is 0 Å². The van der Waals surface area contributed by atoms with Gasteiger partial charge in [0.1, 0.15) is 0 Å². The van der Waals surface area contributed by atoms with Crippen molar-refractivity contribution < 1.29 is 4.74 Å². The zero-order valence-electron chi connectivity index (χ0n) is 11.2. The zero-order chi connectivity index (χ0) is 12.8. The number of benzene rings is 1. The summed E-state index contributed by atoms with van der Waals surface area (Å²) in [4.78, 5) is 3.67. The van der Waals surface area contributed by atoms with E-state index in [2.05, 4.69) is 47.8 Å². The molecule has 18 heavy (non-hydrogen) atoms. The Balaban J connectivity index is 1.80. The van der Waals surface area contributed by atoms with Crippen molar-refractivity contribution in [1.82, 2.24) is 10.2 Å². The summed E-state index contributed by atoms with van der Waals surface area (Å²) in [5.41, 5.74) is 1.37. The Morgan fingerprint density at radius 1 is 1.39 bits per heavy atom.